The number of aryl methyl sites for hydroxylation is 2. The summed E-state index contributed by atoms with van der Waals surface area (Å²) in [5.41, 5.74) is 3.88. The molecule has 1 saturated heterocycles. The topological polar surface area (TPSA) is 72.4 Å². The number of esters is 1. The zero-order valence-electron chi connectivity index (χ0n) is 17.9. The first-order valence-electron chi connectivity index (χ1n) is 10.3. The van der Waals surface area contributed by atoms with E-state index < -0.39 is 5.97 Å². The normalized spacial score (nSPS) is 25.3. The second kappa shape index (κ2) is 6.78. The van der Waals surface area contributed by atoms with E-state index in [2.05, 4.69) is 30.7 Å². The molecule has 2 aliphatic rings. The van der Waals surface area contributed by atoms with E-state index in [1.54, 1.807) is 18.2 Å². The van der Waals surface area contributed by atoms with Crippen molar-refractivity contribution in [2.24, 2.45) is 10.8 Å². The van der Waals surface area contributed by atoms with Gasteiger partial charge in [0.15, 0.2) is 6.61 Å². The molecule has 2 bridgehead atoms. The van der Waals surface area contributed by atoms with Crippen molar-refractivity contribution in [3.63, 3.8) is 0 Å². The van der Waals surface area contributed by atoms with Crippen molar-refractivity contribution in [3.05, 3.63) is 35.2 Å². The molecule has 0 spiro atoms. The van der Waals surface area contributed by atoms with Crippen LogP contribution in [0.5, 0.6) is 0 Å². The molecule has 6 heteroatoms. The molecule has 1 saturated carbocycles. The number of fused-ring (bicyclic) bond motifs is 3. The van der Waals surface area contributed by atoms with E-state index in [9.17, 15) is 9.59 Å². The second-order valence-electron chi connectivity index (χ2n) is 9.91. The fourth-order valence-corrected chi connectivity index (χ4v) is 5.40. The lowest BCUT2D eigenvalue weighted by Gasteiger charge is -2.39. The Balaban J connectivity index is 1.43. The molecule has 29 heavy (non-hydrogen) atoms. The maximum absolute atomic E-state index is 12.8. The lowest BCUT2D eigenvalue weighted by atomic mass is 9.65. The van der Waals surface area contributed by atoms with Gasteiger partial charge in [-0.3, -0.25) is 4.79 Å². The number of carbonyl (C=O) groups excluding carboxylic acids is 2. The number of amides is 1. The lowest BCUT2D eigenvalue weighted by Crippen LogP contribution is -2.39. The highest BCUT2D eigenvalue weighted by atomic mass is 16.5. The summed E-state index contributed by atoms with van der Waals surface area (Å²) in [7, 11) is 0. The Kier molecular flexibility index (Phi) is 4.63. The van der Waals surface area contributed by atoms with Crippen LogP contribution in [0, 0.1) is 24.7 Å². The summed E-state index contributed by atoms with van der Waals surface area (Å²) in [6.07, 6.45) is 3.17. The van der Waals surface area contributed by atoms with Gasteiger partial charge in [-0.15, -0.1) is 0 Å². The summed E-state index contributed by atoms with van der Waals surface area (Å²) < 4.78 is 5.36. The van der Waals surface area contributed by atoms with Crippen LogP contribution >= 0.6 is 0 Å². The van der Waals surface area contributed by atoms with Crippen molar-refractivity contribution in [1.82, 2.24) is 14.9 Å². The minimum absolute atomic E-state index is 0.100. The molecule has 1 amide bonds. The van der Waals surface area contributed by atoms with Gasteiger partial charge in [0.2, 0.25) is 0 Å². The first-order valence-corrected chi connectivity index (χ1v) is 10.3. The summed E-state index contributed by atoms with van der Waals surface area (Å²) in [6, 6.07) is 5.36. The molecule has 1 aliphatic carbocycles. The Morgan fingerprint density at radius 2 is 1.79 bits per heavy atom. The molecule has 4 rings (SSSR count). The molecule has 1 aromatic carbocycles. The lowest BCUT2D eigenvalue weighted by molar-refractivity contribution is -0.135. The van der Waals surface area contributed by atoms with Crippen LogP contribution in [-0.2, 0) is 9.53 Å². The minimum atomic E-state index is -0.506. The van der Waals surface area contributed by atoms with E-state index >= 15 is 0 Å². The van der Waals surface area contributed by atoms with Crippen LogP contribution in [0.25, 0.3) is 11.0 Å². The average Bonchev–Trinajstić information content (AvgIpc) is 2.88. The molecule has 0 N–H and O–H groups in total. The number of aromatic nitrogens is 2. The standard InChI is InChI=1S/C23H29N3O3/c1-14-15(2)25-19-8-16(6-7-18(19)24-14)21(28)29-11-20(27)26-13-23(5)10-17(26)9-22(3,4)12-23/h6-8,17H,9-13H2,1-5H3/t17-,23-/m1/s1. The highest BCUT2D eigenvalue weighted by Gasteiger charge is 2.50. The molecule has 2 atom stereocenters. The smallest absolute Gasteiger partial charge is 0.338 e. The fourth-order valence-electron chi connectivity index (χ4n) is 5.40. The number of likely N-dealkylation sites (tertiary alicyclic amines) is 1. The summed E-state index contributed by atoms with van der Waals surface area (Å²) >= 11 is 0. The average molecular weight is 396 g/mol. The molecule has 2 aromatic rings. The predicted octanol–water partition coefficient (Wildman–Crippen LogP) is 3.83. The zero-order chi connectivity index (χ0) is 21.0. The Morgan fingerprint density at radius 3 is 2.52 bits per heavy atom. The van der Waals surface area contributed by atoms with Crippen molar-refractivity contribution in [2.75, 3.05) is 13.2 Å². The van der Waals surface area contributed by atoms with Gasteiger partial charge in [0.1, 0.15) is 0 Å². The molecular formula is C23H29N3O3. The van der Waals surface area contributed by atoms with Crippen molar-refractivity contribution in [1.29, 1.82) is 0 Å². The number of nitrogens with zero attached hydrogens (tertiary/aromatic N) is 3. The SMILES string of the molecule is Cc1nc2ccc(C(=O)OCC(=O)N3C[C@]4(C)C[C@H]3CC(C)(C)C4)cc2nc1C. The van der Waals surface area contributed by atoms with Gasteiger partial charge < -0.3 is 9.64 Å². The summed E-state index contributed by atoms with van der Waals surface area (Å²) in [5.74, 6) is -0.606. The van der Waals surface area contributed by atoms with Gasteiger partial charge >= 0.3 is 5.97 Å². The predicted molar refractivity (Wildman–Crippen MR) is 111 cm³/mol. The Hall–Kier alpha value is -2.50. The van der Waals surface area contributed by atoms with Crippen LogP contribution in [0.3, 0.4) is 0 Å². The van der Waals surface area contributed by atoms with Crippen molar-refractivity contribution in [3.8, 4) is 0 Å². The van der Waals surface area contributed by atoms with Crippen molar-refractivity contribution in [2.45, 2.75) is 59.9 Å². The monoisotopic (exact) mass is 395 g/mol. The van der Waals surface area contributed by atoms with Gasteiger partial charge in [-0.2, -0.15) is 0 Å². The van der Waals surface area contributed by atoms with Crippen LogP contribution in [0.2, 0.25) is 0 Å². The van der Waals surface area contributed by atoms with Gasteiger partial charge in [0.05, 0.1) is 28.0 Å². The van der Waals surface area contributed by atoms with E-state index in [1.807, 2.05) is 18.7 Å². The second-order valence-corrected chi connectivity index (χ2v) is 9.91. The van der Waals surface area contributed by atoms with Crippen LogP contribution in [0.15, 0.2) is 18.2 Å². The fraction of sp³-hybridized carbons (Fsp3) is 0.565. The highest BCUT2D eigenvalue weighted by molar-refractivity contribution is 5.94. The molecule has 0 unspecified atom stereocenters. The van der Waals surface area contributed by atoms with Crippen molar-refractivity contribution < 1.29 is 14.3 Å². The Labute approximate surface area is 171 Å². The van der Waals surface area contributed by atoms with E-state index in [-0.39, 0.29) is 29.4 Å². The first kappa shape index (κ1) is 19.8. The molecule has 1 aliphatic heterocycles. The molecule has 1 aromatic heterocycles. The van der Waals surface area contributed by atoms with E-state index in [4.69, 9.17) is 4.74 Å². The van der Waals surface area contributed by atoms with E-state index in [1.165, 1.54) is 0 Å². The van der Waals surface area contributed by atoms with E-state index in [0.29, 0.717) is 11.1 Å². The molecule has 6 nitrogen and oxygen atoms in total. The van der Waals surface area contributed by atoms with E-state index in [0.717, 1.165) is 42.7 Å². The van der Waals surface area contributed by atoms with Crippen LogP contribution in [0.4, 0.5) is 0 Å². The number of ether oxygens (including phenoxy) is 1. The molecule has 2 heterocycles. The molecule has 0 radical (unpaired) electrons. The number of carbonyl (C=O) groups is 2. The first-order chi connectivity index (χ1) is 13.6. The zero-order valence-corrected chi connectivity index (χ0v) is 17.9. The van der Waals surface area contributed by atoms with Crippen LogP contribution in [0.1, 0.15) is 61.8 Å². The number of hydrogen-bond donors (Lipinski definition) is 0. The summed E-state index contributed by atoms with van der Waals surface area (Å²) in [4.78, 5) is 36.2. The highest BCUT2D eigenvalue weighted by Crippen LogP contribution is 2.52. The van der Waals surface area contributed by atoms with Gasteiger partial charge in [-0.1, -0.05) is 20.8 Å². The van der Waals surface area contributed by atoms with Gasteiger partial charge in [-0.25, -0.2) is 14.8 Å². The molecular weight excluding hydrogens is 366 g/mol. The molecule has 154 valence electrons. The Morgan fingerprint density at radius 1 is 1.10 bits per heavy atom. The summed E-state index contributed by atoms with van der Waals surface area (Å²) in [6.45, 7) is 11.1. The third-order valence-electron chi connectivity index (χ3n) is 6.37. The quantitative estimate of drug-likeness (QED) is 0.739. The van der Waals surface area contributed by atoms with Crippen LogP contribution in [-0.4, -0.2) is 45.9 Å². The van der Waals surface area contributed by atoms with Gasteiger partial charge in [-0.05, 0) is 62.1 Å². The third-order valence-corrected chi connectivity index (χ3v) is 6.37. The number of hydrogen-bond acceptors (Lipinski definition) is 5. The third kappa shape index (κ3) is 3.85. The summed E-state index contributed by atoms with van der Waals surface area (Å²) in [5, 5.41) is 0. The molecule has 2 fully saturated rings. The van der Waals surface area contributed by atoms with Crippen LogP contribution < -0.4 is 0 Å². The maximum atomic E-state index is 12.8. The van der Waals surface area contributed by atoms with Gasteiger partial charge in [0, 0.05) is 12.6 Å². The minimum Gasteiger partial charge on any atom is -0.452 e. The largest absolute Gasteiger partial charge is 0.452 e. The number of rotatable bonds is 3. The Bertz CT molecular complexity index is 1000. The number of benzene rings is 1. The maximum Gasteiger partial charge on any atom is 0.338 e. The van der Waals surface area contributed by atoms with Crippen molar-refractivity contribution >= 4 is 22.9 Å². The van der Waals surface area contributed by atoms with Gasteiger partial charge in [0.25, 0.3) is 5.91 Å².